The SMILES string of the molecule is CC(C)(C)OCCC(C)(C)Oc1nccc(-c2ccc3cc(N4CCOCC4)ccc3c2)c1C#N. The van der Waals surface area contributed by atoms with Gasteiger partial charge in [-0.1, -0.05) is 18.2 Å². The van der Waals surface area contributed by atoms with Crippen molar-refractivity contribution in [2.45, 2.75) is 52.2 Å². The highest BCUT2D eigenvalue weighted by atomic mass is 16.5. The Morgan fingerprint density at radius 2 is 1.71 bits per heavy atom. The molecule has 0 saturated carbocycles. The molecule has 4 rings (SSSR count). The molecule has 0 unspecified atom stereocenters. The minimum atomic E-state index is -0.526. The Hall–Kier alpha value is -3.14. The summed E-state index contributed by atoms with van der Waals surface area (Å²) in [6.07, 6.45) is 2.39. The number of nitriles is 1. The predicted octanol–water partition coefficient (Wildman–Crippen LogP) is 5.97. The van der Waals surface area contributed by atoms with Crippen LogP contribution in [0.4, 0.5) is 5.69 Å². The molecule has 0 radical (unpaired) electrons. The lowest BCUT2D eigenvalue weighted by Crippen LogP contribution is -2.36. The Balaban J connectivity index is 1.58. The smallest absolute Gasteiger partial charge is 0.232 e. The summed E-state index contributed by atoms with van der Waals surface area (Å²) < 4.78 is 17.6. The van der Waals surface area contributed by atoms with Crippen molar-refractivity contribution in [1.29, 1.82) is 5.26 Å². The second-order valence-corrected chi connectivity index (χ2v) is 10.6. The van der Waals surface area contributed by atoms with Crippen LogP contribution in [0.15, 0.2) is 48.7 Å². The number of hydrogen-bond donors (Lipinski definition) is 0. The fraction of sp³-hybridized carbons (Fsp3) is 0.448. The number of hydrogen-bond acceptors (Lipinski definition) is 6. The van der Waals surface area contributed by atoms with E-state index < -0.39 is 5.60 Å². The third-order valence-corrected chi connectivity index (χ3v) is 6.15. The molecule has 0 atom stereocenters. The number of anilines is 1. The molecule has 2 aromatic carbocycles. The Morgan fingerprint density at radius 3 is 2.43 bits per heavy atom. The fourth-order valence-electron chi connectivity index (χ4n) is 4.20. The molecule has 1 saturated heterocycles. The summed E-state index contributed by atoms with van der Waals surface area (Å²) in [7, 11) is 0. The van der Waals surface area contributed by atoms with E-state index in [1.165, 1.54) is 11.1 Å². The molecule has 0 N–H and O–H groups in total. The maximum atomic E-state index is 10.0. The zero-order chi connectivity index (χ0) is 25.1. The van der Waals surface area contributed by atoms with E-state index in [2.05, 4.69) is 52.4 Å². The second kappa shape index (κ2) is 10.2. The van der Waals surface area contributed by atoms with E-state index in [1.54, 1.807) is 6.20 Å². The van der Waals surface area contributed by atoms with Crippen molar-refractivity contribution >= 4 is 16.5 Å². The minimum Gasteiger partial charge on any atom is -0.471 e. The van der Waals surface area contributed by atoms with Gasteiger partial charge in [0, 0.05) is 37.0 Å². The van der Waals surface area contributed by atoms with E-state index in [4.69, 9.17) is 14.2 Å². The lowest BCUT2D eigenvalue weighted by molar-refractivity contribution is -0.0300. The third kappa shape index (κ3) is 6.30. The largest absolute Gasteiger partial charge is 0.471 e. The van der Waals surface area contributed by atoms with Gasteiger partial charge in [0.2, 0.25) is 5.88 Å². The van der Waals surface area contributed by atoms with Crippen LogP contribution in [0.2, 0.25) is 0 Å². The van der Waals surface area contributed by atoms with Crippen LogP contribution in [0.25, 0.3) is 21.9 Å². The molecule has 35 heavy (non-hydrogen) atoms. The molecule has 6 heteroatoms. The highest BCUT2D eigenvalue weighted by Gasteiger charge is 2.25. The van der Waals surface area contributed by atoms with Crippen LogP contribution in [0.3, 0.4) is 0 Å². The topological polar surface area (TPSA) is 67.6 Å². The van der Waals surface area contributed by atoms with Gasteiger partial charge in [-0.2, -0.15) is 5.26 Å². The predicted molar refractivity (Wildman–Crippen MR) is 140 cm³/mol. The third-order valence-electron chi connectivity index (χ3n) is 6.15. The highest BCUT2D eigenvalue weighted by Crippen LogP contribution is 2.33. The number of aromatic nitrogens is 1. The molecule has 184 valence electrons. The summed E-state index contributed by atoms with van der Waals surface area (Å²) in [6, 6.07) is 17.0. The van der Waals surface area contributed by atoms with Crippen LogP contribution in [0, 0.1) is 11.3 Å². The zero-order valence-corrected chi connectivity index (χ0v) is 21.4. The molecule has 1 aliphatic heterocycles. The van der Waals surface area contributed by atoms with Crippen LogP contribution in [-0.4, -0.2) is 49.1 Å². The molecule has 0 aliphatic carbocycles. The van der Waals surface area contributed by atoms with E-state index in [0.717, 1.165) is 42.8 Å². The van der Waals surface area contributed by atoms with Crippen molar-refractivity contribution in [3.63, 3.8) is 0 Å². The summed E-state index contributed by atoms with van der Waals surface area (Å²) in [5.74, 6) is 0.355. The standard InChI is InChI=1S/C29H35N3O3/c1-28(2,3)34-15-11-29(4,5)35-27-26(20-30)25(10-12-31-27)23-7-6-22-19-24(9-8-21(22)18-23)32-13-16-33-17-14-32/h6-10,12,18-19H,11,13-17H2,1-5H3. The van der Waals surface area contributed by atoms with Crippen molar-refractivity contribution in [2.75, 3.05) is 37.8 Å². The van der Waals surface area contributed by atoms with E-state index in [0.29, 0.717) is 24.5 Å². The first-order valence-electron chi connectivity index (χ1n) is 12.2. The molecule has 1 fully saturated rings. The van der Waals surface area contributed by atoms with Gasteiger partial charge in [-0.05, 0) is 75.2 Å². The van der Waals surface area contributed by atoms with Crippen LogP contribution in [0.1, 0.15) is 46.6 Å². The molecule has 6 nitrogen and oxygen atoms in total. The van der Waals surface area contributed by atoms with Crippen molar-refractivity contribution in [3.05, 3.63) is 54.2 Å². The molecular formula is C29H35N3O3. The average molecular weight is 474 g/mol. The molecular weight excluding hydrogens is 438 g/mol. The summed E-state index contributed by atoms with van der Waals surface area (Å²) in [5.41, 5.74) is 2.71. The minimum absolute atomic E-state index is 0.203. The van der Waals surface area contributed by atoms with Crippen molar-refractivity contribution < 1.29 is 14.2 Å². The second-order valence-electron chi connectivity index (χ2n) is 10.6. The molecule has 0 bridgehead atoms. The van der Waals surface area contributed by atoms with Gasteiger partial charge in [-0.25, -0.2) is 4.98 Å². The van der Waals surface area contributed by atoms with Crippen molar-refractivity contribution in [3.8, 4) is 23.1 Å². The maximum absolute atomic E-state index is 10.0. The van der Waals surface area contributed by atoms with Crippen LogP contribution < -0.4 is 9.64 Å². The van der Waals surface area contributed by atoms with Crippen LogP contribution in [-0.2, 0) is 9.47 Å². The van der Waals surface area contributed by atoms with Gasteiger partial charge in [0.05, 0.1) is 25.4 Å². The number of benzene rings is 2. The van der Waals surface area contributed by atoms with Crippen molar-refractivity contribution in [1.82, 2.24) is 4.98 Å². The Bertz CT molecular complexity index is 1220. The van der Waals surface area contributed by atoms with Gasteiger partial charge in [-0.3, -0.25) is 0 Å². The first-order chi connectivity index (χ1) is 16.6. The number of morpholine rings is 1. The van der Waals surface area contributed by atoms with E-state index >= 15 is 0 Å². The van der Waals surface area contributed by atoms with Gasteiger partial charge >= 0.3 is 0 Å². The van der Waals surface area contributed by atoms with Gasteiger partial charge in [-0.15, -0.1) is 0 Å². The maximum Gasteiger partial charge on any atom is 0.232 e. The Labute approximate surface area is 208 Å². The monoisotopic (exact) mass is 473 g/mol. The molecule has 3 aromatic rings. The molecule has 0 spiro atoms. The quantitative estimate of drug-likeness (QED) is 0.421. The number of ether oxygens (including phenoxy) is 3. The highest BCUT2D eigenvalue weighted by molar-refractivity contribution is 5.90. The van der Waals surface area contributed by atoms with Crippen molar-refractivity contribution in [2.24, 2.45) is 0 Å². The lowest BCUT2D eigenvalue weighted by Gasteiger charge is -2.29. The van der Waals surface area contributed by atoms with Gasteiger partial charge < -0.3 is 19.1 Å². The molecule has 0 amide bonds. The van der Waals surface area contributed by atoms with E-state index in [1.807, 2.05) is 40.7 Å². The normalized spacial score (nSPS) is 14.7. The summed E-state index contributed by atoms with van der Waals surface area (Å²) in [5, 5.41) is 12.3. The van der Waals surface area contributed by atoms with Gasteiger partial charge in [0.15, 0.2) is 0 Å². The van der Waals surface area contributed by atoms with Gasteiger partial charge in [0.1, 0.15) is 17.2 Å². The summed E-state index contributed by atoms with van der Waals surface area (Å²) in [6.45, 7) is 14.0. The number of fused-ring (bicyclic) bond motifs is 1. The first kappa shape index (κ1) is 25.0. The number of rotatable bonds is 7. The number of pyridine rings is 1. The number of nitrogens with zero attached hydrogens (tertiary/aromatic N) is 3. The average Bonchev–Trinajstić information content (AvgIpc) is 2.82. The lowest BCUT2D eigenvalue weighted by atomic mass is 9.98. The van der Waals surface area contributed by atoms with E-state index in [-0.39, 0.29) is 5.60 Å². The molecule has 2 heterocycles. The molecule has 1 aromatic heterocycles. The van der Waals surface area contributed by atoms with Crippen LogP contribution >= 0.6 is 0 Å². The van der Waals surface area contributed by atoms with Crippen LogP contribution in [0.5, 0.6) is 5.88 Å². The Morgan fingerprint density at radius 1 is 1.00 bits per heavy atom. The van der Waals surface area contributed by atoms with Gasteiger partial charge in [0.25, 0.3) is 0 Å². The first-order valence-corrected chi connectivity index (χ1v) is 12.2. The van der Waals surface area contributed by atoms with E-state index in [9.17, 15) is 5.26 Å². The molecule has 1 aliphatic rings. The zero-order valence-electron chi connectivity index (χ0n) is 21.4. The Kier molecular flexibility index (Phi) is 7.30. The summed E-state index contributed by atoms with van der Waals surface area (Å²) >= 11 is 0. The summed E-state index contributed by atoms with van der Waals surface area (Å²) in [4.78, 5) is 6.75. The fourth-order valence-corrected chi connectivity index (χ4v) is 4.20.